The average Bonchev–Trinajstić information content (AvgIpc) is 3.38. The highest BCUT2D eigenvalue weighted by molar-refractivity contribution is 5.76. The Morgan fingerprint density at radius 1 is 1.19 bits per heavy atom. The van der Waals surface area contributed by atoms with Gasteiger partial charge in [-0.1, -0.05) is 30.3 Å². The summed E-state index contributed by atoms with van der Waals surface area (Å²) in [6.07, 6.45) is 3.18. The number of carbonyl (C=O) groups excluding carboxylic acids is 1. The number of amides is 1. The van der Waals surface area contributed by atoms with Crippen molar-refractivity contribution < 1.29 is 9.53 Å². The molecule has 1 aromatic rings. The van der Waals surface area contributed by atoms with Crippen LogP contribution >= 0.6 is 0 Å². The molecule has 0 bridgehead atoms. The second-order valence-electron chi connectivity index (χ2n) is 5.93. The molecule has 0 spiro atoms. The van der Waals surface area contributed by atoms with Gasteiger partial charge < -0.3 is 9.64 Å². The topological polar surface area (TPSA) is 32.8 Å². The van der Waals surface area contributed by atoms with Crippen LogP contribution in [0.25, 0.3) is 0 Å². The molecule has 4 heteroatoms. The number of nitrogens with zero attached hydrogens (tertiary/aromatic N) is 2. The lowest BCUT2D eigenvalue weighted by Gasteiger charge is -2.28. The maximum Gasteiger partial charge on any atom is 0.224 e. The number of benzene rings is 1. The van der Waals surface area contributed by atoms with Gasteiger partial charge in [0, 0.05) is 38.6 Å². The molecule has 0 unspecified atom stereocenters. The Hall–Kier alpha value is -1.39. The highest BCUT2D eigenvalue weighted by atomic mass is 16.5. The summed E-state index contributed by atoms with van der Waals surface area (Å²) < 4.78 is 5.30. The molecule has 3 rings (SSSR count). The summed E-state index contributed by atoms with van der Waals surface area (Å²) in [4.78, 5) is 16.6. The Bertz CT molecular complexity index is 453. The summed E-state index contributed by atoms with van der Waals surface area (Å²) in [7, 11) is 0. The van der Waals surface area contributed by atoms with Crippen LogP contribution < -0.4 is 0 Å². The Morgan fingerprint density at radius 2 is 1.90 bits per heavy atom. The molecule has 114 valence electrons. The van der Waals surface area contributed by atoms with Gasteiger partial charge in [-0.15, -0.1) is 0 Å². The Morgan fingerprint density at radius 3 is 2.57 bits per heavy atom. The zero-order chi connectivity index (χ0) is 14.5. The van der Waals surface area contributed by atoms with E-state index in [1.54, 1.807) is 0 Å². The maximum absolute atomic E-state index is 12.2. The summed E-state index contributed by atoms with van der Waals surface area (Å²) in [5.74, 6) is 0.275. The Labute approximate surface area is 126 Å². The molecule has 1 saturated heterocycles. The summed E-state index contributed by atoms with van der Waals surface area (Å²) in [5.41, 5.74) is 1.34. The first-order valence-corrected chi connectivity index (χ1v) is 7.96. The fraction of sp³-hybridized carbons (Fsp3) is 0.588. The zero-order valence-electron chi connectivity index (χ0n) is 12.5. The number of morpholine rings is 1. The number of carbonyl (C=O) groups is 1. The third-order valence-electron chi connectivity index (χ3n) is 4.27. The van der Waals surface area contributed by atoms with Crippen molar-refractivity contribution in [2.45, 2.75) is 31.8 Å². The minimum atomic E-state index is 0.275. The second-order valence-corrected chi connectivity index (χ2v) is 5.93. The van der Waals surface area contributed by atoms with Gasteiger partial charge in [0.05, 0.1) is 13.2 Å². The van der Waals surface area contributed by atoms with Crippen LogP contribution in [0.2, 0.25) is 0 Å². The highest BCUT2D eigenvalue weighted by Gasteiger charge is 2.29. The summed E-state index contributed by atoms with van der Waals surface area (Å²) in [5, 5.41) is 0. The van der Waals surface area contributed by atoms with Crippen LogP contribution in [0.4, 0.5) is 0 Å². The molecule has 2 fully saturated rings. The molecule has 4 nitrogen and oxygen atoms in total. The van der Waals surface area contributed by atoms with Crippen LogP contribution in [-0.2, 0) is 16.1 Å². The first kappa shape index (κ1) is 14.5. The van der Waals surface area contributed by atoms with E-state index in [2.05, 4.69) is 29.2 Å². The highest BCUT2D eigenvalue weighted by Crippen LogP contribution is 2.28. The third kappa shape index (κ3) is 4.29. The molecule has 21 heavy (non-hydrogen) atoms. The van der Waals surface area contributed by atoms with Crippen LogP contribution in [0.1, 0.15) is 24.8 Å². The van der Waals surface area contributed by atoms with Gasteiger partial charge >= 0.3 is 0 Å². The SMILES string of the molecule is O=C(CCN(Cc1ccccc1)C1CC1)N1CCOCC1. The summed E-state index contributed by atoms with van der Waals surface area (Å²) in [6.45, 7) is 4.70. The van der Waals surface area contributed by atoms with Crippen LogP contribution in [0, 0.1) is 0 Å². The number of hydrogen-bond donors (Lipinski definition) is 0. The molecule has 1 saturated carbocycles. The van der Waals surface area contributed by atoms with Crippen molar-refractivity contribution in [1.82, 2.24) is 9.80 Å². The van der Waals surface area contributed by atoms with E-state index in [0.29, 0.717) is 25.7 Å². The van der Waals surface area contributed by atoms with Crippen LogP contribution in [0.5, 0.6) is 0 Å². The molecule has 0 atom stereocenters. The predicted molar refractivity (Wildman–Crippen MR) is 81.9 cm³/mol. The molecule has 0 aromatic heterocycles. The largest absolute Gasteiger partial charge is 0.378 e. The van der Waals surface area contributed by atoms with Gasteiger partial charge in [-0.3, -0.25) is 9.69 Å². The summed E-state index contributed by atoms with van der Waals surface area (Å²) >= 11 is 0. The lowest BCUT2D eigenvalue weighted by molar-refractivity contribution is -0.135. The van der Waals surface area contributed by atoms with Gasteiger partial charge in [0.15, 0.2) is 0 Å². The molecular weight excluding hydrogens is 264 g/mol. The molecular formula is C17H24N2O2. The van der Waals surface area contributed by atoms with E-state index in [-0.39, 0.29) is 5.91 Å². The Balaban J connectivity index is 1.50. The number of hydrogen-bond acceptors (Lipinski definition) is 3. The standard InChI is InChI=1S/C17H24N2O2/c20-17(18-10-12-21-13-11-18)8-9-19(16-6-7-16)14-15-4-2-1-3-5-15/h1-5,16H,6-14H2. The normalized spacial score (nSPS) is 19.0. The van der Waals surface area contributed by atoms with E-state index in [4.69, 9.17) is 4.74 Å². The van der Waals surface area contributed by atoms with E-state index in [0.717, 1.165) is 26.2 Å². The lowest BCUT2D eigenvalue weighted by Crippen LogP contribution is -2.42. The quantitative estimate of drug-likeness (QED) is 0.801. The van der Waals surface area contributed by atoms with Gasteiger partial charge in [-0.25, -0.2) is 0 Å². The summed E-state index contributed by atoms with van der Waals surface area (Å²) in [6, 6.07) is 11.2. The van der Waals surface area contributed by atoms with Crippen molar-refractivity contribution >= 4 is 5.91 Å². The van der Waals surface area contributed by atoms with Crippen molar-refractivity contribution in [1.29, 1.82) is 0 Å². The molecule has 1 aromatic carbocycles. The van der Waals surface area contributed by atoms with Crippen molar-refractivity contribution in [2.24, 2.45) is 0 Å². The van der Waals surface area contributed by atoms with E-state index < -0.39 is 0 Å². The average molecular weight is 288 g/mol. The van der Waals surface area contributed by atoms with Crippen molar-refractivity contribution in [3.05, 3.63) is 35.9 Å². The van der Waals surface area contributed by atoms with Gasteiger partial charge in [-0.05, 0) is 18.4 Å². The second kappa shape index (κ2) is 7.05. The van der Waals surface area contributed by atoms with Crippen LogP contribution in [0.3, 0.4) is 0 Å². The van der Waals surface area contributed by atoms with E-state index in [9.17, 15) is 4.79 Å². The molecule has 1 aliphatic heterocycles. The maximum atomic E-state index is 12.2. The first-order chi connectivity index (χ1) is 10.3. The Kier molecular flexibility index (Phi) is 4.88. The predicted octanol–water partition coefficient (Wildman–Crippen LogP) is 1.90. The van der Waals surface area contributed by atoms with Crippen molar-refractivity contribution in [3.8, 4) is 0 Å². The van der Waals surface area contributed by atoms with Crippen molar-refractivity contribution in [2.75, 3.05) is 32.8 Å². The smallest absolute Gasteiger partial charge is 0.224 e. The van der Waals surface area contributed by atoms with Gasteiger partial charge in [0.25, 0.3) is 0 Å². The zero-order valence-corrected chi connectivity index (χ0v) is 12.5. The van der Waals surface area contributed by atoms with E-state index in [1.165, 1.54) is 18.4 Å². The lowest BCUT2D eigenvalue weighted by atomic mass is 10.2. The number of rotatable bonds is 6. The molecule has 1 heterocycles. The fourth-order valence-corrected chi connectivity index (χ4v) is 2.86. The molecule has 0 radical (unpaired) electrons. The van der Waals surface area contributed by atoms with E-state index in [1.807, 2.05) is 11.0 Å². The molecule has 0 N–H and O–H groups in total. The first-order valence-electron chi connectivity index (χ1n) is 7.96. The van der Waals surface area contributed by atoms with Gasteiger partial charge in [0.1, 0.15) is 0 Å². The van der Waals surface area contributed by atoms with Crippen LogP contribution in [0.15, 0.2) is 30.3 Å². The van der Waals surface area contributed by atoms with Crippen molar-refractivity contribution in [3.63, 3.8) is 0 Å². The monoisotopic (exact) mass is 288 g/mol. The minimum absolute atomic E-state index is 0.275. The molecule has 2 aliphatic rings. The number of ether oxygens (including phenoxy) is 1. The van der Waals surface area contributed by atoms with Gasteiger partial charge in [0.2, 0.25) is 5.91 Å². The van der Waals surface area contributed by atoms with Crippen LogP contribution in [-0.4, -0.2) is 54.6 Å². The van der Waals surface area contributed by atoms with Gasteiger partial charge in [-0.2, -0.15) is 0 Å². The third-order valence-corrected chi connectivity index (χ3v) is 4.27. The fourth-order valence-electron chi connectivity index (χ4n) is 2.86. The van der Waals surface area contributed by atoms with E-state index >= 15 is 0 Å². The molecule has 1 aliphatic carbocycles. The minimum Gasteiger partial charge on any atom is -0.378 e. The molecule has 1 amide bonds.